The molecule has 0 aromatic heterocycles. The highest BCUT2D eigenvalue weighted by Crippen LogP contribution is 2.18. The standard InChI is InChI=1S/C14H19ClFN3O/c1-2-18-14(20)13-8-17-5-6-19(13)9-10-3-4-12(16)11(15)7-10/h3-4,7,13,17H,2,5-6,8-9H2,1H3,(H,18,20). The fourth-order valence-corrected chi connectivity index (χ4v) is 2.56. The van der Waals surface area contributed by atoms with Crippen LogP contribution in [-0.2, 0) is 11.3 Å². The van der Waals surface area contributed by atoms with Gasteiger partial charge in [-0.15, -0.1) is 0 Å². The summed E-state index contributed by atoms with van der Waals surface area (Å²) in [4.78, 5) is 14.1. The number of halogens is 2. The molecule has 1 aromatic carbocycles. The van der Waals surface area contributed by atoms with E-state index in [0.29, 0.717) is 19.6 Å². The molecular formula is C14H19ClFN3O. The Kier molecular flexibility index (Phi) is 5.34. The van der Waals surface area contributed by atoms with E-state index in [2.05, 4.69) is 15.5 Å². The minimum atomic E-state index is -0.420. The Balaban J connectivity index is 2.08. The highest BCUT2D eigenvalue weighted by Gasteiger charge is 2.28. The van der Waals surface area contributed by atoms with Crippen LogP contribution in [0.15, 0.2) is 18.2 Å². The number of nitrogens with zero attached hydrogens (tertiary/aromatic N) is 1. The summed E-state index contributed by atoms with van der Waals surface area (Å²) in [6.45, 7) is 5.34. The Morgan fingerprint density at radius 2 is 2.40 bits per heavy atom. The van der Waals surface area contributed by atoms with Gasteiger partial charge < -0.3 is 10.6 Å². The minimum Gasteiger partial charge on any atom is -0.355 e. The molecule has 0 radical (unpaired) electrons. The Hall–Kier alpha value is -1.17. The molecule has 1 aliphatic heterocycles. The van der Waals surface area contributed by atoms with Gasteiger partial charge in [-0.1, -0.05) is 17.7 Å². The molecule has 0 aliphatic carbocycles. The van der Waals surface area contributed by atoms with Gasteiger partial charge in [-0.3, -0.25) is 9.69 Å². The van der Waals surface area contributed by atoms with E-state index in [1.54, 1.807) is 12.1 Å². The van der Waals surface area contributed by atoms with Crippen LogP contribution in [0.25, 0.3) is 0 Å². The van der Waals surface area contributed by atoms with Crippen molar-refractivity contribution in [1.29, 1.82) is 0 Å². The van der Waals surface area contributed by atoms with E-state index < -0.39 is 5.82 Å². The normalized spacial score (nSPS) is 19.9. The lowest BCUT2D eigenvalue weighted by Gasteiger charge is -2.35. The fraction of sp³-hybridized carbons (Fsp3) is 0.500. The molecule has 0 saturated carbocycles. The Bertz CT molecular complexity index is 483. The molecule has 1 amide bonds. The Morgan fingerprint density at radius 3 is 3.10 bits per heavy atom. The fourth-order valence-electron chi connectivity index (χ4n) is 2.36. The molecule has 1 heterocycles. The van der Waals surface area contributed by atoms with Gasteiger partial charge in [0.1, 0.15) is 11.9 Å². The lowest BCUT2D eigenvalue weighted by Crippen LogP contribution is -2.57. The maximum absolute atomic E-state index is 13.2. The number of carbonyl (C=O) groups is 1. The first-order valence-corrected chi connectivity index (χ1v) is 7.16. The van der Waals surface area contributed by atoms with Crippen LogP contribution in [0.1, 0.15) is 12.5 Å². The van der Waals surface area contributed by atoms with Crippen LogP contribution < -0.4 is 10.6 Å². The Morgan fingerprint density at radius 1 is 1.60 bits per heavy atom. The topological polar surface area (TPSA) is 44.4 Å². The molecule has 1 fully saturated rings. The van der Waals surface area contributed by atoms with Crippen LogP contribution in [0.4, 0.5) is 4.39 Å². The van der Waals surface area contributed by atoms with E-state index in [0.717, 1.165) is 18.7 Å². The number of piperazine rings is 1. The predicted octanol–water partition coefficient (Wildman–Crippen LogP) is 1.39. The first-order valence-electron chi connectivity index (χ1n) is 6.78. The van der Waals surface area contributed by atoms with Gasteiger partial charge in [0.25, 0.3) is 0 Å². The van der Waals surface area contributed by atoms with Gasteiger partial charge in [0.15, 0.2) is 0 Å². The molecule has 1 aliphatic rings. The number of amides is 1. The van der Waals surface area contributed by atoms with Gasteiger partial charge in [0, 0.05) is 32.7 Å². The lowest BCUT2D eigenvalue weighted by molar-refractivity contribution is -0.127. The maximum Gasteiger partial charge on any atom is 0.238 e. The van der Waals surface area contributed by atoms with E-state index >= 15 is 0 Å². The van der Waals surface area contributed by atoms with Gasteiger partial charge in [0.2, 0.25) is 5.91 Å². The average molecular weight is 300 g/mol. The van der Waals surface area contributed by atoms with Crippen molar-refractivity contribution in [1.82, 2.24) is 15.5 Å². The summed E-state index contributed by atoms with van der Waals surface area (Å²) in [7, 11) is 0. The molecule has 2 N–H and O–H groups in total. The molecule has 0 bridgehead atoms. The zero-order chi connectivity index (χ0) is 14.5. The molecule has 4 nitrogen and oxygen atoms in total. The first-order chi connectivity index (χ1) is 9.61. The van der Waals surface area contributed by atoms with E-state index in [4.69, 9.17) is 11.6 Å². The zero-order valence-electron chi connectivity index (χ0n) is 11.5. The summed E-state index contributed by atoms with van der Waals surface area (Å²) in [5, 5.41) is 6.18. The summed E-state index contributed by atoms with van der Waals surface area (Å²) in [6, 6.07) is 4.49. The second kappa shape index (κ2) is 7.02. The monoisotopic (exact) mass is 299 g/mol. The number of hydrogen-bond acceptors (Lipinski definition) is 3. The van der Waals surface area contributed by atoms with E-state index in [1.807, 2.05) is 6.92 Å². The van der Waals surface area contributed by atoms with Crippen LogP contribution in [-0.4, -0.2) is 43.0 Å². The van der Waals surface area contributed by atoms with Crippen molar-refractivity contribution in [2.24, 2.45) is 0 Å². The van der Waals surface area contributed by atoms with Gasteiger partial charge in [-0.2, -0.15) is 0 Å². The molecule has 1 aromatic rings. The molecule has 20 heavy (non-hydrogen) atoms. The van der Waals surface area contributed by atoms with E-state index in [-0.39, 0.29) is 17.0 Å². The number of likely N-dealkylation sites (N-methyl/N-ethyl adjacent to an activating group) is 1. The van der Waals surface area contributed by atoms with Gasteiger partial charge in [0.05, 0.1) is 5.02 Å². The van der Waals surface area contributed by atoms with Gasteiger partial charge in [-0.05, 0) is 24.6 Å². The molecule has 6 heteroatoms. The highest BCUT2D eigenvalue weighted by atomic mass is 35.5. The van der Waals surface area contributed by atoms with Gasteiger partial charge >= 0.3 is 0 Å². The van der Waals surface area contributed by atoms with Crippen molar-refractivity contribution >= 4 is 17.5 Å². The minimum absolute atomic E-state index is 0.0212. The number of rotatable bonds is 4. The van der Waals surface area contributed by atoms with Crippen molar-refractivity contribution in [3.05, 3.63) is 34.6 Å². The predicted molar refractivity (Wildman–Crippen MR) is 77.2 cm³/mol. The molecular weight excluding hydrogens is 281 g/mol. The number of carbonyl (C=O) groups excluding carboxylic acids is 1. The number of hydrogen-bond donors (Lipinski definition) is 2. The largest absolute Gasteiger partial charge is 0.355 e. The molecule has 1 atom stereocenters. The molecule has 0 spiro atoms. The average Bonchev–Trinajstić information content (AvgIpc) is 2.44. The van der Waals surface area contributed by atoms with Crippen LogP contribution >= 0.6 is 11.6 Å². The van der Waals surface area contributed by atoms with Crippen LogP contribution in [0.2, 0.25) is 5.02 Å². The van der Waals surface area contributed by atoms with Crippen molar-refractivity contribution in [2.75, 3.05) is 26.2 Å². The number of nitrogens with one attached hydrogen (secondary N) is 2. The molecule has 2 rings (SSSR count). The summed E-state index contributed by atoms with van der Waals surface area (Å²) in [6.07, 6.45) is 0. The van der Waals surface area contributed by atoms with E-state index in [1.165, 1.54) is 6.07 Å². The Labute approximate surface area is 123 Å². The summed E-state index contributed by atoms with van der Waals surface area (Å²) < 4.78 is 13.2. The van der Waals surface area contributed by atoms with Crippen molar-refractivity contribution in [3.63, 3.8) is 0 Å². The molecule has 110 valence electrons. The third kappa shape index (κ3) is 3.69. The lowest BCUT2D eigenvalue weighted by atomic mass is 10.1. The zero-order valence-corrected chi connectivity index (χ0v) is 12.2. The third-order valence-electron chi connectivity index (χ3n) is 3.38. The summed E-state index contributed by atoms with van der Waals surface area (Å²) in [5.41, 5.74) is 0.910. The number of benzene rings is 1. The second-order valence-electron chi connectivity index (χ2n) is 4.83. The second-order valence-corrected chi connectivity index (χ2v) is 5.24. The van der Waals surface area contributed by atoms with Crippen LogP contribution in [0, 0.1) is 5.82 Å². The molecule has 1 saturated heterocycles. The summed E-state index contributed by atoms with van der Waals surface area (Å²) >= 11 is 5.80. The highest BCUT2D eigenvalue weighted by molar-refractivity contribution is 6.30. The third-order valence-corrected chi connectivity index (χ3v) is 3.67. The van der Waals surface area contributed by atoms with Crippen LogP contribution in [0.3, 0.4) is 0 Å². The first kappa shape index (κ1) is 15.2. The quantitative estimate of drug-likeness (QED) is 0.883. The van der Waals surface area contributed by atoms with Crippen LogP contribution in [0.5, 0.6) is 0 Å². The van der Waals surface area contributed by atoms with Crippen molar-refractivity contribution in [3.8, 4) is 0 Å². The maximum atomic E-state index is 13.2. The summed E-state index contributed by atoms with van der Waals surface area (Å²) in [5.74, 6) is -0.399. The van der Waals surface area contributed by atoms with Crippen molar-refractivity contribution < 1.29 is 9.18 Å². The van der Waals surface area contributed by atoms with Crippen molar-refractivity contribution in [2.45, 2.75) is 19.5 Å². The van der Waals surface area contributed by atoms with E-state index in [9.17, 15) is 9.18 Å². The SMILES string of the molecule is CCNC(=O)C1CNCCN1Cc1ccc(F)c(Cl)c1. The smallest absolute Gasteiger partial charge is 0.238 e. The van der Waals surface area contributed by atoms with Gasteiger partial charge in [-0.25, -0.2) is 4.39 Å². The molecule has 1 unspecified atom stereocenters.